The van der Waals surface area contributed by atoms with Gasteiger partial charge in [0.2, 0.25) is 59.1 Å². The smallest absolute Gasteiger partial charge is 0.469 e. The van der Waals surface area contributed by atoms with E-state index in [1.807, 2.05) is 44.2 Å². The van der Waals surface area contributed by atoms with Crippen LogP contribution in [-0.4, -0.2) is 390 Å². The van der Waals surface area contributed by atoms with Crippen LogP contribution in [0.4, 0.5) is 11.6 Å². The molecule has 53 nitrogen and oxygen atoms in total. The van der Waals surface area contributed by atoms with Crippen molar-refractivity contribution in [2.24, 2.45) is 5.92 Å². The van der Waals surface area contributed by atoms with Gasteiger partial charge >= 0.3 is 19.1 Å². The maximum absolute atomic E-state index is 14.9. The predicted molar refractivity (Wildman–Crippen MR) is 502 cm³/mol. The van der Waals surface area contributed by atoms with Crippen molar-refractivity contribution in [1.82, 2.24) is 93.7 Å². The summed E-state index contributed by atoms with van der Waals surface area (Å²) in [6, 6.07) is 2.94. The lowest BCUT2D eigenvalue weighted by Crippen LogP contribution is -2.59. The van der Waals surface area contributed by atoms with Crippen LogP contribution < -0.4 is 80.4 Å². The maximum atomic E-state index is 14.9. The molecule has 0 fully saturated rings. The number of amides is 11. The zero-order valence-corrected chi connectivity index (χ0v) is 79.2. The molecule has 5 aromatic rings. The minimum Gasteiger partial charge on any atom is -0.481 e. The molecule has 0 aliphatic carbocycles. The van der Waals surface area contributed by atoms with Crippen molar-refractivity contribution >= 4 is 128 Å². The molecule has 3 aromatic heterocycles. The highest BCUT2D eigenvalue weighted by Crippen LogP contribution is 2.26. The molecule has 0 saturated heterocycles. The minimum atomic E-state index is -2.22. The Labute approximate surface area is 815 Å². The lowest BCUT2D eigenvalue weighted by atomic mass is 9.75. The van der Waals surface area contributed by atoms with Crippen molar-refractivity contribution in [3.8, 4) is 0 Å². The number of carbonyl (C=O) groups excluding carboxylic acids is 11. The Morgan fingerprint density at radius 3 is 1.31 bits per heavy atom. The number of carbonyl (C=O) groups is 13. The van der Waals surface area contributed by atoms with Crippen LogP contribution in [0.2, 0.25) is 0 Å². The summed E-state index contributed by atoms with van der Waals surface area (Å²) in [5.41, 5.74) is 7.21. The number of fused-ring (bicyclic) bond motifs is 1. The van der Waals surface area contributed by atoms with Gasteiger partial charge < -0.3 is 172 Å². The van der Waals surface area contributed by atoms with Gasteiger partial charge in [-0.3, -0.25) is 77.1 Å². The number of nitrogens with two attached hydrogens (primary N) is 1. The van der Waals surface area contributed by atoms with E-state index in [-0.39, 0.29) is 65.3 Å². The number of benzene rings is 2. The van der Waals surface area contributed by atoms with E-state index >= 15 is 0 Å². The molecule has 5 rings (SSSR count). The Balaban J connectivity index is 1.41. The van der Waals surface area contributed by atoms with Crippen LogP contribution in [0.25, 0.3) is 11.2 Å². The van der Waals surface area contributed by atoms with E-state index in [9.17, 15) is 164 Å². The number of nitrogens with one attached hydrogen (secondary N) is 14. The Kier molecular flexibility index (Phi) is 52.8. The number of anilines is 2. The molecular weight excluding hydrogens is 1900 g/mol. The number of carboxylic acids is 2. The third-order valence-corrected chi connectivity index (χ3v) is 24.0. The van der Waals surface area contributed by atoms with E-state index in [0.717, 1.165) is 5.56 Å². The van der Waals surface area contributed by atoms with Crippen LogP contribution in [-0.2, 0) is 71.5 Å². The number of nitrogens with zero attached hydrogens (tertiary/aromatic N) is 5. The van der Waals surface area contributed by atoms with E-state index < -0.39 is 327 Å². The number of hydrogen-bond donors (Lipinski definition) is 34. The summed E-state index contributed by atoms with van der Waals surface area (Å²) in [4.78, 5) is 216. The molecule has 0 spiro atoms. The average molecular weight is 2030 g/mol. The molecule has 35 N–H and O–H groups in total. The molecule has 0 saturated carbocycles. The normalized spacial score (nSPS) is 16.0. The number of aliphatic carboxylic acids is 2. The summed E-state index contributed by atoms with van der Waals surface area (Å²) in [5.74, 6) is -15.7. The molecule has 0 aliphatic rings. The largest absolute Gasteiger partial charge is 0.481 e. The monoisotopic (exact) mass is 2030 g/mol. The molecule has 11 amide bonds. The fourth-order valence-corrected chi connectivity index (χ4v) is 15.6. The highest BCUT2D eigenvalue weighted by molar-refractivity contribution is 8.76. The summed E-state index contributed by atoms with van der Waals surface area (Å²) in [6.07, 6.45) is -29.2. The quantitative estimate of drug-likeness (QED) is 0.00976. The van der Waals surface area contributed by atoms with Crippen LogP contribution in [0, 0.1) is 5.92 Å². The molecule has 2 aromatic carbocycles. The number of hydrogen-bond acceptors (Lipinski definition) is 41. The Morgan fingerprint density at radius 1 is 0.447 bits per heavy atom. The van der Waals surface area contributed by atoms with Gasteiger partial charge in [0.05, 0.1) is 74.7 Å². The first-order valence-electron chi connectivity index (χ1n) is 44.9. The van der Waals surface area contributed by atoms with Gasteiger partial charge in [0.1, 0.15) is 90.8 Å². The zero-order valence-electron chi connectivity index (χ0n) is 77.5. The lowest BCUT2D eigenvalue weighted by Gasteiger charge is -2.28. The molecule has 0 unspecified atom stereocenters. The fraction of sp³-hybridized carbons (Fsp3) is 0.588. The van der Waals surface area contributed by atoms with Gasteiger partial charge in [0.15, 0.2) is 11.2 Å². The number of aliphatic hydroxyl groups excluding tert-OH is 15. The van der Waals surface area contributed by atoms with Crippen molar-refractivity contribution in [2.75, 3.05) is 62.8 Å². The van der Waals surface area contributed by atoms with Crippen molar-refractivity contribution in [1.29, 1.82) is 0 Å². The van der Waals surface area contributed by atoms with Gasteiger partial charge in [-0.2, -0.15) is 4.98 Å². The fourth-order valence-electron chi connectivity index (χ4n) is 13.4. The second kappa shape index (κ2) is 62.0. The predicted octanol–water partition coefficient (Wildman–Crippen LogP) is -10.8. The molecule has 0 radical (unpaired) electrons. The summed E-state index contributed by atoms with van der Waals surface area (Å²) in [7, 11) is 0.749. The number of aromatic amines is 1. The van der Waals surface area contributed by atoms with Gasteiger partial charge in [-0.05, 0) is 101 Å². The van der Waals surface area contributed by atoms with Crippen molar-refractivity contribution in [3.05, 3.63) is 112 Å². The van der Waals surface area contributed by atoms with E-state index in [1.165, 1.54) is 66.2 Å². The van der Waals surface area contributed by atoms with Crippen molar-refractivity contribution in [2.45, 2.75) is 257 Å². The summed E-state index contributed by atoms with van der Waals surface area (Å²) >= 11 is 0. The highest BCUT2D eigenvalue weighted by atomic mass is 33.1. The standard InChI is InChI=1S/C85H129BN20O33S2/c1-41(2)26-62(86(138)139)91-28-47(27-44-8-6-5-7-9-44)99-83(136)55-32-89-49(31-90-55)40-141-140-39-43(4)97-78(131)51(16-22-64(117)93-34-57(111)71(125)74(128)60(114)37-108)101-81(134)54(19-25-68(122)123)104-80(133)52(17-23-65(118)94-35-58(112)72(126)75(129)61(115)38-109)102-82(135)53(18-24-67(120)121)103-79(132)50(15-21-63(116)92-33-56(110)70(124)73(127)59(113)36-107)100-66(119)20-10-42(3)96-77(130)45-11-13-46(14-12-45)88-29-48-30-95-76-69(98-48)84(137)106-85(87)105-76/h5-9,11-14,30-32,41-43,47,50-54,56-62,70-75,88,91,107-115,124-129,138-139H,10,15-29,33-40H2,1-4H3,(H,92,116)(H,93,117)(H,94,118)(H,96,130)(H,97,131)(H,99,136)(H,100,119)(H,101,134)(H,102,135)(H,103,132)(H,104,133)(H,120,121)(H,122,123)(H3,87,95,105,106,137)/t42-,43-,47+,50+,51+,52+,53+,54+,56+,57+,58+,59-,60-,61-,62+,70-,71-,72-,73-,74-,75-/m1/s1. The van der Waals surface area contributed by atoms with E-state index in [2.05, 4.69) is 99.0 Å². The highest BCUT2D eigenvalue weighted by Gasteiger charge is 2.38. The maximum Gasteiger partial charge on any atom is 0.469 e. The Bertz CT molecular complexity index is 4890. The number of carboxylic acid groups (broad SMARTS) is 2. The number of H-pyrrole nitrogens is 1. The zero-order chi connectivity index (χ0) is 105. The van der Waals surface area contributed by atoms with Gasteiger partial charge in [0, 0.05) is 112 Å². The molecular formula is C85H129BN20O33S2. The van der Waals surface area contributed by atoms with Crippen LogP contribution in [0.15, 0.2) is 78.0 Å². The third kappa shape index (κ3) is 43.5. The van der Waals surface area contributed by atoms with Gasteiger partial charge in [-0.15, -0.1) is 0 Å². The van der Waals surface area contributed by atoms with Crippen LogP contribution in [0.5, 0.6) is 0 Å². The van der Waals surface area contributed by atoms with Crippen LogP contribution in [0.1, 0.15) is 149 Å². The van der Waals surface area contributed by atoms with Crippen LogP contribution >= 0.6 is 21.6 Å². The molecule has 56 heteroatoms. The first-order chi connectivity index (χ1) is 66.7. The summed E-state index contributed by atoms with van der Waals surface area (Å²) in [6.45, 7) is 1.34. The van der Waals surface area contributed by atoms with Crippen molar-refractivity contribution in [3.63, 3.8) is 0 Å². The second-order valence-electron chi connectivity index (χ2n) is 33.7. The molecule has 782 valence electrons. The van der Waals surface area contributed by atoms with E-state index in [4.69, 9.17) is 5.73 Å². The number of rotatable bonds is 67. The average Bonchev–Trinajstić information content (AvgIpc) is 0.805. The van der Waals surface area contributed by atoms with Crippen molar-refractivity contribution < 1.29 is 159 Å². The summed E-state index contributed by atoms with van der Waals surface area (Å²) < 4.78 is 0. The molecule has 21 atom stereocenters. The van der Waals surface area contributed by atoms with Gasteiger partial charge in [0.25, 0.3) is 17.4 Å². The third-order valence-electron chi connectivity index (χ3n) is 21.6. The Hall–Kier alpha value is -11.5. The van der Waals surface area contributed by atoms with E-state index in [0.29, 0.717) is 29.9 Å². The van der Waals surface area contributed by atoms with Gasteiger partial charge in [-0.25, -0.2) is 15.0 Å². The lowest BCUT2D eigenvalue weighted by molar-refractivity contribution is -0.139. The topological polar surface area (TPSA) is 886 Å². The first kappa shape index (κ1) is 120. The molecule has 0 bridgehead atoms. The van der Waals surface area contributed by atoms with Gasteiger partial charge in [-0.1, -0.05) is 65.8 Å². The number of nitrogen functional groups attached to an aromatic ring is 1. The molecule has 0 aliphatic heterocycles. The minimum absolute atomic E-state index is 0.0227. The number of aromatic nitrogens is 6. The SMILES string of the molecule is CC(C)C[C@H](NC[C@H](Cc1ccccc1)NC(=O)c1cnc(CSSC[C@@H](C)NC(=O)[C@H](CCC(=O)NC[C@H](O)[C@@H](O)[C@H](O)[C@H](O)CO)NC(=O)[C@H](CCC(=O)O)NC(=O)[C@H](CCC(=O)NC[C@H](O)[C@@H](O)[C@H](O)[C@H](O)CO)NC(=O)[C@H](CCC(=O)O)NC(=O)[C@H](CCC(=O)NC[C@H](O)[C@@H](O)[C@H](O)[C@H](O)CO)NC(=O)CC[C@@H](C)NC(=O)c2ccc(NCc3cnc4nc(N)[nH]c(=O)c4n3)cc2)cn1)B(O)O. The van der Waals surface area contributed by atoms with Crippen LogP contribution in [0.3, 0.4) is 0 Å². The Morgan fingerprint density at radius 2 is 0.879 bits per heavy atom. The molecule has 141 heavy (non-hydrogen) atoms. The first-order valence-corrected chi connectivity index (χ1v) is 47.4. The summed E-state index contributed by atoms with van der Waals surface area (Å²) in [5, 5.41) is 224. The van der Waals surface area contributed by atoms with E-state index in [1.54, 1.807) is 12.1 Å². The second-order valence-corrected chi connectivity index (χ2v) is 36.3. The molecule has 3 heterocycles. The number of aliphatic hydroxyl groups is 15.